The predicted molar refractivity (Wildman–Crippen MR) is 77.3 cm³/mol. The Morgan fingerprint density at radius 1 is 1.33 bits per heavy atom. The first-order valence-electron chi connectivity index (χ1n) is 5.75. The number of carbonyl (C=O) groups is 1. The Morgan fingerprint density at radius 2 is 2.05 bits per heavy atom. The second-order valence-corrected chi connectivity index (χ2v) is 4.95. The summed E-state index contributed by atoms with van der Waals surface area (Å²) >= 11 is 3.14. The van der Waals surface area contributed by atoms with Crippen molar-refractivity contribution in [2.75, 3.05) is 10.6 Å². The van der Waals surface area contributed by atoms with E-state index in [0.717, 1.165) is 6.07 Å². The van der Waals surface area contributed by atoms with Crippen molar-refractivity contribution in [2.45, 2.75) is 6.92 Å². The third-order valence-electron chi connectivity index (χ3n) is 2.65. The first kappa shape index (κ1) is 15.2. The van der Waals surface area contributed by atoms with Crippen LogP contribution in [0, 0.1) is 18.6 Å². The number of aromatic nitrogens is 1. The molecular weight excluding hydrogens is 348 g/mol. The standard InChI is InChI=1S/C13H10BrF2N3O2/c1-6-8(15)5-9(12(20)11(6)16)19-13(21)18-7-2-3-17-10(14)4-7/h2-5,20H,1H3,(H2,17,18,19,21). The van der Waals surface area contributed by atoms with Crippen LogP contribution in [0.5, 0.6) is 5.75 Å². The van der Waals surface area contributed by atoms with Gasteiger partial charge in [-0.1, -0.05) is 0 Å². The number of phenols is 1. The average Bonchev–Trinajstić information content (AvgIpc) is 2.42. The maximum Gasteiger partial charge on any atom is 0.323 e. The van der Waals surface area contributed by atoms with Crippen molar-refractivity contribution >= 4 is 33.3 Å². The largest absolute Gasteiger partial charge is 0.503 e. The van der Waals surface area contributed by atoms with E-state index in [0.29, 0.717) is 10.3 Å². The summed E-state index contributed by atoms with van der Waals surface area (Å²) in [6.07, 6.45) is 1.46. The predicted octanol–water partition coefficient (Wildman–Crippen LogP) is 3.78. The Balaban J connectivity index is 2.17. The second kappa shape index (κ2) is 6.04. The molecule has 2 rings (SSSR count). The fourth-order valence-electron chi connectivity index (χ4n) is 1.56. The Bertz CT molecular complexity index is 710. The number of rotatable bonds is 2. The molecule has 0 unspecified atom stereocenters. The maximum absolute atomic E-state index is 13.5. The number of pyridine rings is 1. The lowest BCUT2D eigenvalue weighted by Gasteiger charge is -2.11. The third kappa shape index (κ3) is 3.46. The molecule has 0 atom stereocenters. The topological polar surface area (TPSA) is 74.2 Å². The zero-order valence-electron chi connectivity index (χ0n) is 10.7. The van der Waals surface area contributed by atoms with Gasteiger partial charge >= 0.3 is 6.03 Å². The highest BCUT2D eigenvalue weighted by atomic mass is 79.9. The lowest BCUT2D eigenvalue weighted by atomic mass is 10.2. The first-order valence-corrected chi connectivity index (χ1v) is 6.55. The SMILES string of the molecule is Cc1c(F)cc(NC(=O)Nc2ccnc(Br)c2)c(O)c1F. The molecule has 1 aromatic carbocycles. The van der Waals surface area contributed by atoms with E-state index in [1.165, 1.54) is 25.3 Å². The molecule has 1 heterocycles. The smallest absolute Gasteiger partial charge is 0.323 e. The van der Waals surface area contributed by atoms with Crippen LogP contribution in [-0.4, -0.2) is 16.1 Å². The number of hydrogen-bond donors (Lipinski definition) is 3. The number of amides is 2. The molecule has 0 aliphatic rings. The van der Waals surface area contributed by atoms with Crippen molar-refractivity contribution in [2.24, 2.45) is 0 Å². The van der Waals surface area contributed by atoms with Gasteiger partial charge in [0.25, 0.3) is 0 Å². The van der Waals surface area contributed by atoms with Crippen molar-refractivity contribution in [1.82, 2.24) is 4.98 Å². The van der Waals surface area contributed by atoms with Crippen LogP contribution in [0.2, 0.25) is 0 Å². The van der Waals surface area contributed by atoms with Crippen LogP contribution in [0.3, 0.4) is 0 Å². The molecule has 0 bridgehead atoms. The molecular formula is C13H10BrF2N3O2. The molecule has 0 aliphatic heterocycles. The molecule has 0 saturated carbocycles. The number of phenolic OH excluding ortho intramolecular Hbond substituents is 1. The van der Waals surface area contributed by atoms with Crippen molar-refractivity contribution in [1.29, 1.82) is 0 Å². The fraction of sp³-hybridized carbons (Fsp3) is 0.0769. The van der Waals surface area contributed by atoms with Crippen LogP contribution in [0.25, 0.3) is 0 Å². The summed E-state index contributed by atoms with van der Waals surface area (Å²) in [4.78, 5) is 15.6. The number of nitrogens with one attached hydrogen (secondary N) is 2. The number of aromatic hydroxyl groups is 1. The van der Waals surface area contributed by atoms with Crippen LogP contribution < -0.4 is 10.6 Å². The number of carbonyl (C=O) groups excluding carboxylic acids is 1. The van der Waals surface area contributed by atoms with Crippen molar-refractivity contribution in [3.8, 4) is 5.75 Å². The molecule has 3 N–H and O–H groups in total. The van der Waals surface area contributed by atoms with Crippen LogP contribution >= 0.6 is 15.9 Å². The molecule has 0 radical (unpaired) electrons. The Kier molecular flexibility index (Phi) is 4.37. The molecule has 0 spiro atoms. The highest BCUT2D eigenvalue weighted by Crippen LogP contribution is 2.30. The van der Waals surface area contributed by atoms with Gasteiger partial charge in [0.15, 0.2) is 11.6 Å². The van der Waals surface area contributed by atoms with Gasteiger partial charge in [0.2, 0.25) is 0 Å². The third-order valence-corrected chi connectivity index (χ3v) is 3.09. The van der Waals surface area contributed by atoms with E-state index in [9.17, 15) is 18.7 Å². The van der Waals surface area contributed by atoms with Crippen molar-refractivity contribution in [3.63, 3.8) is 0 Å². The van der Waals surface area contributed by atoms with Crippen LogP contribution in [0.1, 0.15) is 5.56 Å². The van der Waals surface area contributed by atoms with E-state index in [2.05, 4.69) is 31.5 Å². The molecule has 0 aliphatic carbocycles. The summed E-state index contributed by atoms with van der Waals surface area (Å²) in [5, 5.41) is 14.2. The van der Waals surface area contributed by atoms with Gasteiger partial charge in [-0.3, -0.25) is 0 Å². The summed E-state index contributed by atoms with van der Waals surface area (Å²) in [6, 6.07) is 3.15. The van der Waals surface area contributed by atoms with E-state index in [1.807, 2.05) is 0 Å². The molecule has 21 heavy (non-hydrogen) atoms. The molecule has 110 valence electrons. The lowest BCUT2D eigenvalue weighted by molar-refractivity contribution is 0.262. The molecule has 5 nitrogen and oxygen atoms in total. The summed E-state index contributed by atoms with van der Waals surface area (Å²) < 4.78 is 27.4. The van der Waals surface area contributed by atoms with Crippen LogP contribution in [0.15, 0.2) is 29.0 Å². The van der Waals surface area contributed by atoms with E-state index in [1.54, 1.807) is 0 Å². The van der Waals surface area contributed by atoms with Gasteiger partial charge in [0, 0.05) is 23.5 Å². The van der Waals surface area contributed by atoms with Crippen LogP contribution in [0.4, 0.5) is 25.0 Å². The Labute approximate surface area is 127 Å². The van der Waals surface area contributed by atoms with Crippen molar-refractivity contribution in [3.05, 3.63) is 46.2 Å². The summed E-state index contributed by atoms with van der Waals surface area (Å²) in [5.41, 5.74) is -0.264. The zero-order valence-corrected chi connectivity index (χ0v) is 12.3. The first-order chi connectivity index (χ1) is 9.88. The number of anilines is 2. The van der Waals surface area contributed by atoms with Gasteiger partial charge < -0.3 is 15.7 Å². The van der Waals surface area contributed by atoms with Gasteiger partial charge in [-0.15, -0.1) is 0 Å². The van der Waals surface area contributed by atoms with E-state index < -0.39 is 23.4 Å². The number of benzene rings is 1. The minimum Gasteiger partial charge on any atom is -0.503 e. The second-order valence-electron chi connectivity index (χ2n) is 4.14. The minimum absolute atomic E-state index is 0.323. The van der Waals surface area contributed by atoms with Gasteiger partial charge in [-0.2, -0.15) is 0 Å². The normalized spacial score (nSPS) is 10.3. The van der Waals surface area contributed by atoms with Gasteiger partial charge in [0.05, 0.1) is 5.69 Å². The highest BCUT2D eigenvalue weighted by Gasteiger charge is 2.16. The molecule has 0 saturated heterocycles. The zero-order chi connectivity index (χ0) is 15.6. The molecule has 2 aromatic rings. The highest BCUT2D eigenvalue weighted by molar-refractivity contribution is 9.10. The fourth-order valence-corrected chi connectivity index (χ4v) is 1.93. The van der Waals surface area contributed by atoms with E-state index >= 15 is 0 Å². The van der Waals surface area contributed by atoms with Gasteiger partial charge in [-0.05, 0) is 35.0 Å². The number of halogens is 3. The van der Waals surface area contributed by atoms with Gasteiger partial charge in [-0.25, -0.2) is 18.6 Å². The lowest BCUT2D eigenvalue weighted by Crippen LogP contribution is -2.20. The molecule has 2 amide bonds. The van der Waals surface area contributed by atoms with Gasteiger partial charge in [0.1, 0.15) is 10.4 Å². The van der Waals surface area contributed by atoms with E-state index in [4.69, 9.17) is 0 Å². The maximum atomic E-state index is 13.5. The summed E-state index contributed by atoms with van der Waals surface area (Å²) in [7, 11) is 0. The number of hydrogen-bond acceptors (Lipinski definition) is 3. The summed E-state index contributed by atoms with van der Waals surface area (Å²) in [6.45, 7) is 1.18. The van der Waals surface area contributed by atoms with E-state index in [-0.39, 0.29) is 11.3 Å². The molecule has 0 fully saturated rings. The average molecular weight is 358 g/mol. The Hall–Kier alpha value is -2.22. The number of urea groups is 1. The minimum atomic E-state index is -1.11. The van der Waals surface area contributed by atoms with Crippen LogP contribution in [-0.2, 0) is 0 Å². The number of nitrogens with zero attached hydrogens (tertiary/aromatic N) is 1. The monoisotopic (exact) mass is 357 g/mol. The molecule has 1 aromatic heterocycles. The molecule has 8 heteroatoms. The quantitative estimate of drug-likeness (QED) is 0.565. The van der Waals surface area contributed by atoms with Crippen molar-refractivity contribution < 1.29 is 18.7 Å². The summed E-state index contributed by atoms with van der Waals surface area (Å²) in [5.74, 6) is -2.80. The Morgan fingerprint density at radius 3 is 2.71 bits per heavy atom.